The largest absolute Gasteiger partial charge is 0.481 e. The zero-order valence-electron chi connectivity index (χ0n) is 34.4. The Labute approximate surface area is 370 Å². The van der Waals surface area contributed by atoms with Gasteiger partial charge in [0, 0.05) is 25.7 Å². The van der Waals surface area contributed by atoms with Crippen molar-refractivity contribution in [1.29, 1.82) is 0 Å². The van der Waals surface area contributed by atoms with E-state index >= 15 is 0 Å². The van der Waals surface area contributed by atoms with E-state index in [1.807, 2.05) is 0 Å². The highest BCUT2D eigenvalue weighted by atomic mass is 19.4. The highest BCUT2D eigenvalue weighted by molar-refractivity contribution is 5.76. The number of carbonyl (C=O) groups excluding carboxylic acids is 3. The topological polar surface area (TPSA) is 116 Å². The molecule has 0 bridgehead atoms. The monoisotopic (exact) mass is 1080 g/mol. The van der Waals surface area contributed by atoms with Gasteiger partial charge in [0.1, 0.15) is 13.2 Å². The molecule has 0 radical (unpaired) electrons. The molecule has 0 aliphatic heterocycles. The van der Waals surface area contributed by atoms with Gasteiger partial charge in [-0.25, -0.2) is 0 Å². The van der Waals surface area contributed by atoms with Crippen LogP contribution in [-0.4, -0.2) is 120 Å². The van der Waals surface area contributed by atoms with Gasteiger partial charge in [0.15, 0.2) is 6.10 Å². The molecule has 0 aromatic rings. The second kappa shape index (κ2) is 23.5. The number of esters is 3. The van der Waals surface area contributed by atoms with Gasteiger partial charge in [0.05, 0.1) is 12.8 Å². The standard InChI is InChI=1S/C35H38F26O8/c36-24(37,26(40,41)28(44,45)30(48,49)32(52,53)34(56,57)58)15-9-5-1-3-7-11-21(64)67-17-19(18-68-22(65)14-13-20(62)63)69-23(66)12-8-4-2-6-10-16-25(38,39)27(42,43)29(46,47)31(50,51)33(54,55)35(59,60)61/h19H,1-18H2,(H,62,63). The Morgan fingerprint density at radius 3 is 0.928 bits per heavy atom. The maximum Gasteiger partial charge on any atom is 0.460 e. The molecule has 34 heteroatoms. The van der Waals surface area contributed by atoms with Crippen LogP contribution in [0.4, 0.5) is 114 Å². The summed E-state index contributed by atoms with van der Waals surface area (Å²) in [6, 6.07) is 0. The molecule has 408 valence electrons. The smallest absolute Gasteiger partial charge is 0.460 e. The van der Waals surface area contributed by atoms with Gasteiger partial charge in [-0.05, 0) is 25.7 Å². The summed E-state index contributed by atoms with van der Waals surface area (Å²) in [6.45, 7) is -1.86. The lowest BCUT2D eigenvalue weighted by Gasteiger charge is -2.39. The zero-order chi connectivity index (χ0) is 54.7. The van der Waals surface area contributed by atoms with Crippen molar-refractivity contribution in [3.63, 3.8) is 0 Å². The Balaban J connectivity index is 5.18. The first-order valence-electron chi connectivity index (χ1n) is 19.3. The summed E-state index contributed by atoms with van der Waals surface area (Å²) in [4.78, 5) is 46.9. The summed E-state index contributed by atoms with van der Waals surface area (Å²) in [6.07, 6.45) is -29.7. The molecule has 0 aliphatic rings. The number of hydrogen-bond donors (Lipinski definition) is 1. The first-order chi connectivity index (χ1) is 30.7. The Hall–Kier alpha value is -3.94. The number of alkyl halides is 26. The van der Waals surface area contributed by atoms with Crippen molar-refractivity contribution in [3.8, 4) is 0 Å². The molecule has 0 saturated heterocycles. The highest BCUT2D eigenvalue weighted by Crippen LogP contribution is 2.62. The lowest BCUT2D eigenvalue weighted by molar-refractivity contribution is -0.440. The van der Waals surface area contributed by atoms with Gasteiger partial charge >= 0.3 is 95.5 Å². The quantitative estimate of drug-likeness (QED) is 0.0306. The highest BCUT2D eigenvalue weighted by Gasteiger charge is 2.92. The molecule has 0 rings (SSSR count). The Morgan fingerprint density at radius 2 is 0.609 bits per heavy atom. The van der Waals surface area contributed by atoms with Crippen LogP contribution in [-0.2, 0) is 33.4 Å². The van der Waals surface area contributed by atoms with E-state index in [1.165, 1.54) is 0 Å². The molecule has 0 saturated carbocycles. The maximum absolute atomic E-state index is 13.9. The number of halogens is 26. The molecule has 0 spiro atoms. The summed E-state index contributed by atoms with van der Waals surface area (Å²) < 4.78 is 359. The van der Waals surface area contributed by atoms with E-state index in [-0.39, 0.29) is 38.5 Å². The molecular weight excluding hydrogens is 1040 g/mol. The van der Waals surface area contributed by atoms with E-state index in [4.69, 9.17) is 19.3 Å². The first kappa shape index (κ1) is 65.1. The fourth-order valence-electron chi connectivity index (χ4n) is 5.30. The first-order valence-corrected chi connectivity index (χ1v) is 19.3. The van der Waals surface area contributed by atoms with E-state index in [0.717, 1.165) is 0 Å². The molecule has 0 heterocycles. The van der Waals surface area contributed by atoms with Crippen LogP contribution in [0.5, 0.6) is 0 Å². The predicted molar refractivity (Wildman–Crippen MR) is 175 cm³/mol. The van der Waals surface area contributed by atoms with Gasteiger partial charge in [0.25, 0.3) is 0 Å². The van der Waals surface area contributed by atoms with Crippen molar-refractivity contribution in [3.05, 3.63) is 0 Å². The number of carbonyl (C=O) groups is 4. The summed E-state index contributed by atoms with van der Waals surface area (Å²) in [5.41, 5.74) is 0. The van der Waals surface area contributed by atoms with Gasteiger partial charge in [-0.15, -0.1) is 0 Å². The number of carboxylic acid groups (broad SMARTS) is 1. The normalized spacial score (nSPS) is 14.9. The van der Waals surface area contributed by atoms with Crippen LogP contribution in [0.25, 0.3) is 0 Å². The van der Waals surface area contributed by atoms with Gasteiger partial charge in [-0.3, -0.25) is 19.2 Å². The third-order valence-corrected chi connectivity index (χ3v) is 9.44. The van der Waals surface area contributed by atoms with Crippen LogP contribution >= 0.6 is 0 Å². The van der Waals surface area contributed by atoms with Crippen LogP contribution < -0.4 is 0 Å². The molecule has 0 aliphatic carbocycles. The Kier molecular flexibility index (Phi) is 22.2. The number of rotatable bonds is 32. The number of unbranched alkanes of at least 4 members (excludes halogenated alkanes) is 8. The molecule has 69 heavy (non-hydrogen) atoms. The average molecular weight is 1080 g/mol. The Bertz CT molecular complexity index is 1680. The minimum absolute atomic E-state index is 0.195. The minimum Gasteiger partial charge on any atom is -0.481 e. The van der Waals surface area contributed by atoms with E-state index < -0.39 is 179 Å². The average Bonchev–Trinajstić information content (AvgIpc) is 3.18. The molecule has 0 fully saturated rings. The molecule has 1 unspecified atom stereocenters. The molecule has 0 amide bonds. The third kappa shape index (κ3) is 15.3. The van der Waals surface area contributed by atoms with Crippen molar-refractivity contribution in [1.82, 2.24) is 0 Å². The second-order valence-electron chi connectivity index (χ2n) is 14.9. The van der Waals surface area contributed by atoms with Crippen molar-refractivity contribution in [2.24, 2.45) is 0 Å². The van der Waals surface area contributed by atoms with Gasteiger partial charge < -0.3 is 19.3 Å². The number of carboxylic acids is 1. The third-order valence-electron chi connectivity index (χ3n) is 9.44. The zero-order valence-corrected chi connectivity index (χ0v) is 34.4. The molecule has 0 aromatic heterocycles. The number of aliphatic carboxylic acids is 1. The van der Waals surface area contributed by atoms with Crippen molar-refractivity contribution < 1.29 is 153 Å². The van der Waals surface area contributed by atoms with E-state index in [9.17, 15) is 133 Å². The van der Waals surface area contributed by atoms with E-state index in [2.05, 4.69) is 0 Å². The SMILES string of the molecule is O=C(O)CCC(=O)OCC(COC(=O)CCCCCCCC(F)(F)C(F)(F)C(F)(F)C(F)(F)C(F)(F)C(F)(F)F)OC(=O)CCCCCCCC(F)(F)C(F)(F)C(F)(F)C(F)(F)C(F)(F)C(F)(F)F. The van der Waals surface area contributed by atoms with Gasteiger partial charge in [-0.2, -0.15) is 114 Å². The second-order valence-corrected chi connectivity index (χ2v) is 14.9. The van der Waals surface area contributed by atoms with Gasteiger partial charge in [0.2, 0.25) is 0 Å². The molecular formula is C35H38F26O8. The summed E-state index contributed by atoms with van der Waals surface area (Å²) in [5, 5.41) is 8.65. The van der Waals surface area contributed by atoms with Crippen molar-refractivity contribution in [2.45, 2.75) is 180 Å². The summed E-state index contributed by atoms with van der Waals surface area (Å²) >= 11 is 0. The van der Waals surface area contributed by atoms with Crippen LogP contribution in [0.2, 0.25) is 0 Å². The molecule has 8 nitrogen and oxygen atoms in total. The van der Waals surface area contributed by atoms with Gasteiger partial charge in [-0.1, -0.05) is 38.5 Å². The van der Waals surface area contributed by atoms with E-state index in [0.29, 0.717) is 0 Å². The fourth-order valence-corrected chi connectivity index (χ4v) is 5.30. The molecule has 1 atom stereocenters. The van der Waals surface area contributed by atoms with Crippen LogP contribution in [0.1, 0.15) is 103 Å². The summed E-state index contributed by atoms with van der Waals surface area (Å²) in [5.74, 6) is -80.2. The fraction of sp³-hybridized carbons (Fsp3) is 0.886. The lowest BCUT2D eigenvalue weighted by atomic mass is 9.91. The number of hydrogen-bond acceptors (Lipinski definition) is 7. The summed E-state index contributed by atoms with van der Waals surface area (Å²) in [7, 11) is 0. The Morgan fingerprint density at radius 1 is 0.333 bits per heavy atom. The predicted octanol–water partition coefficient (Wildman–Crippen LogP) is 12.8. The van der Waals surface area contributed by atoms with Crippen LogP contribution in [0.3, 0.4) is 0 Å². The van der Waals surface area contributed by atoms with Crippen molar-refractivity contribution in [2.75, 3.05) is 13.2 Å². The number of ether oxygens (including phenoxy) is 3. The van der Waals surface area contributed by atoms with Crippen LogP contribution in [0.15, 0.2) is 0 Å². The van der Waals surface area contributed by atoms with Crippen molar-refractivity contribution >= 4 is 23.9 Å². The molecule has 0 aromatic carbocycles. The van der Waals surface area contributed by atoms with Crippen LogP contribution in [0, 0.1) is 0 Å². The van der Waals surface area contributed by atoms with E-state index in [1.54, 1.807) is 0 Å². The molecule has 1 N–H and O–H groups in total. The minimum atomic E-state index is -8.06. The lowest BCUT2D eigenvalue weighted by Crippen LogP contribution is -2.70. The maximum atomic E-state index is 13.9.